The smallest absolute Gasteiger partial charge is 0.224 e. The van der Waals surface area contributed by atoms with E-state index in [0.717, 1.165) is 38.4 Å². The molecule has 2 rings (SSSR count). The van der Waals surface area contributed by atoms with Crippen LogP contribution in [0.15, 0.2) is 0 Å². The van der Waals surface area contributed by atoms with Crippen LogP contribution in [0, 0.1) is 11.8 Å². The molecule has 1 aliphatic heterocycles. The Labute approximate surface area is 117 Å². The van der Waals surface area contributed by atoms with Crippen LogP contribution in [0.1, 0.15) is 51.4 Å². The maximum Gasteiger partial charge on any atom is 0.224 e. The van der Waals surface area contributed by atoms with Gasteiger partial charge in [0.05, 0.1) is 5.92 Å². The van der Waals surface area contributed by atoms with Gasteiger partial charge < -0.3 is 10.6 Å². The van der Waals surface area contributed by atoms with Crippen LogP contribution in [-0.2, 0) is 4.79 Å². The number of unbranched alkanes of at least 4 members (excludes halogenated alkanes) is 1. The maximum absolute atomic E-state index is 11.7. The Morgan fingerprint density at radius 3 is 2.61 bits per heavy atom. The first kappa shape index (κ1) is 15.8. The Bertz CT molecular complexity index is 236. The van der Waals surface area contributed by atoms with Crippen LogP contribution in [0.4, 0.5) is 0 Å². The fourth-order valence-electron chi connectivity index (χ4n) is 3.09. The van der Waals surface area contributed by atoms with E-state index in [9.17, 15) is 4.79 Å². The molecule has 1 aliphatic carbocycles. The van der Waals surface area contributed by atoms with Gasteiger partial charge in [-0.15, -0.1) is 12.4 Å². The van der Waals surface area contributed by atoms with E-state index in [1.807, 2.05) is 0 Å². The fraction of sp³-hybridized carbons (Fsp3) is 0.929. The van der Waals surface area contributed by atoms with Gasteiger partial charge in [0.15, 0.2) is 0 Å². The first-order valence-electron chi connectivity index (χ1n) is 7.34. The molecule has 2 N–H and O–H groups in total. The Morgan fingerprint density at radius 1 is 1.17 bits per heavy atom. The SMILES string of the molecule is Cl.O=C(NCCCCC1CCCC1)C1CCNC1. The summed E-state index contributed by atoms with van der Waals surface area (Å²) in [5, 5.41) is 6.30. The number of hydrogen-bond donors (Lipinski definition) is 2. The molecule has 1 saturated heterocycles. The minimum atomic E-state index is 0. The second kappa shape index (κ2) is 8.76. The van der Waals surface area contributed by atoms with Crippen LogP contribution in [-0.4, -0.2) is 25.5 Å². The van der Waals surface area contributed by atoms with Gasteiger partial charge in [-0.05, 0) is 25.3 Å². The predicted octanol–water partition coefficient (Wildman–Crippen LogP) is 2.49. The molecule has 106 valence electrons. The van der Waals surface area contributed by atoms with E-state index in [1.54, 1.807) is 0 Å². The highest BCUT2D eigenvalue weighted by Gasteiger charge is 2.21. The summed E-state index contributed by atoms with van der Waals surface area (Å²) in [6.07, 6.45) is 10.6. The Morgan fingerprint density at radius 2 is 1.94 bits per heavy atom. The molecule has 0 aromatic heterocycles. The molecule has 0 aromatic carbocycles. The van der Waals surface area contributed by atoms with Crippen LogP contribution in [0.2, 0.25) is 0 Å². The fourth-order valence-corrected chi connectivity index (χ4v) is 3.09. The van der Waals surface area contributed by atoms with E-state index in [-0.39, 0.29) is 24.2 Å². The van der Waals surface area contributed by atoms with Crippen molar-refractivity contribution < 1.29 is 4.79 Å². The van der Waals surface area contributed by atoms with Gasteiger partial charge in [-0.1, -0.05) is 38.5 Å². The number of rotatable bonds is 6. The van der Waals surface area contributed by atoms with Gasteiger partial charge in [-0.25, -0.2) is 0 Å². The Balaban J connectivity index is 0.00000162. The van der Waals surface area contributed by atoms with E-state index in [0.29, 0.717) is 0 Å². The lowest BCUT2D eigenvalue weighted by molar-refractivity contribution is -0.124. The molecule has 0 bridgehead atoms. The molecule has 2 aliphatic rings. The predicted molar refractivity (Wildman–Crippen MR) is 77.0 cm³/mol. The third-order valence-corrected chi connectivity index (χ3v) is 4.24. The van der Waals surface area contributed by atoms with Gasteiger partial charge in [0.2, 0.25) is 5.91 Å². The van der Waals surface area contributed by atoms with E-state index >= 15 is 0 Å². The first-order chi connectivity index (χ1) is 8.36. The molecule has 1 atom stereocenters. The second-order valence-electron chi connectivity index (χ2n) is 5.63. The quantitative estimate of drug-likeness (QED) is 0.731. The molecular formula is C14H27ClN2O. The van der Waals surface area contributed by atoms with Crippen molar-refractivity contribution in [2.45, 2.75) is 51.4 Å². The molecule has 1 unspecified atom stereocenters. The monoisotopic (exact) mass is 274 g/mol. The van der Waals surface area contributed by atoms with Crippen molar-refractivity contribution in [3.8, 4) is 0 Å². The average Bonchev–Trinajstić information content (AvgIpc) is 3.01. The maximum atomic E-state index is 11.7. The van der Waals surface area contributed by atoms with Crippen LogP contribution in [0.5, 0.6) is 0 Å². The van der Waals surface area contributed by atoms with E-state index < -0.39 is 0 Å². The van der Waals surface area contributed by atoms with Crippen molar-refractivity contribution >= 4 is 18.3 Å². The number of carbonyl (C=O) groups excluding carboxylic acids is 1. The number of amides is 1. The van der Waals surface area contributed by atoms with Crippen molar-refractivity contribution in [2.24, 2.45) is 11.8 Å². The second-order valence-corrected chi connectivity index (χ2v) is 5.63. The zero-order chi connectivity index (χ0) is 11.9. The number of halogens is 1. The van der Waals surface area contributed by atoms with Gasteiger partial charge in [0.25, 0.3) is 0 Å². The highest BCUT2D eigenvalue weighted by molar-refractivity contribution is 5.85. The molecular weight excluding hydrogens is 248 g/mol. The van der Waals surface area contributed by atoms with Crippen molar-refractivity contribution in [2.75, 3.05) is 19.6 Å². The molecule has 4 heteroatoms. The average molecular weight is 275 g/mol. The first-order valence-corrected chi connectivity index (χ1v) is 7.34. The Hall–Kier alpha value is -0.280. The molecule has 1 saturated carbocycles. The zero-order valence-electron chi connectivity index (χ0n) is 11.2. The number of nitrogens with one attached hydrogen (secondary N) is 2. The lowest BCUT2D eigenvalue weighted by Crippen LogP contribution is -2.32. The van der Waals surface area contributed by atoms with Crippen LogP contribution >= 0.6 is 12.4 Å². The van der Waals surface area contributed by atoms with Crippen LogP contribution < -0.4 is 10.6 Å². The van der Waals surface area contributed by atoms with Crippen molar-refractivity contribution in [3.63, 3.8) is 0 Å². The third kappa shape index (κ3) is 5.15. The molecule has 0 aromatic rings. The summed E-state index contributed by atoms with van der Waals surface area (Å²) in [5.41, 5.74) is 0. The van der Waals surface area contributed by atoms with E-state index in [4.69, 9.17) is 0 Å². The van der Waals surface area contributed by atoms with Crippen LogP contribution in [0.3, 0.4) is 0 Å². The molecule has 1 heterocycles. The summed E-state index contributed by atoms with van der Waals surface area (Å²) in [7, 11) is 0. The highest BCUT2D eigenvalue weighted by atomic mass is 35.5. The minimum absolute atomic E-state index is 0. The lowest BCUT2D eigenvalue weighted by Gasteiger charge is -2.11. The molecule has 0 radical (unpaired) electrons. The summed E-state index contributed by atoms with van der Waals surface area (Å²) in [6, 6.07) is 0. The van der Waals surface area contributed by atoms with Gasteiger partial charge >= 0.3 is 0 Å². The highest BCUT2D eigenvalue weighted by Crippen LogP contribution is 2.28. The topological polar surface area (TPSA) is 41.1 Å². The van der Waals surface area contributed by atoms with Gasteiger partial charge in [-0.3, -0.25) is 4.79 Å². The summed E-state index contributed by atoms with van der Waals surface area (Å²) >= 11 is 0. The van der Waals surface area contributed by atoms with Crippen molar-refractivity contribution in [1.82, 2.24) is 10.6 Å². The standard InChI is InChI=1S/C14H26N2O.ClH/c17-14(13-8-10-15-11-13)16-9-4-3-7-12-5-1-2-6-12;/h12-13,15H,1-11H2,(H,16,17);1H. The molecule has 0 spiro atoms. The van der Waals surface area contributed by atoms with E-state index in [1.165, 1.54) is 38.5 Å². The van der Waals surface area contributed by atoms with Crippen LogP contribution in [0.25, 0.3) is 0 Å². The van der Waals surface area contributed by atoms with Gasteiger partial charge in [-0.2, -0.15) is 0 Å². The normalized spacial score (nSPS) is 23.9. The third-order valence-electron chi connectivity index (χ3n) is 4.24. The number of carbonyl (C=O) groups is 1. The molecule has 1 amide bonds. The summed E-state index contributed by atoms with van der Waals surface area (Å²) in [4.78, 5) is 11.7. The summed E-state index contributed by atoms with van der Waals surface area (Å²) in [6.45, 7) is 2.75. The van der Waals surface area contributed by atoms with E-state index in [2.05, 4.69) is 10.6 Å². The Kier molecular flexibility index (Phi) is 7.68. The number of hydrogen-bond acceptors (Lipinski definition) is 2. The zero-order valence-corrected chi connectivity index (χ0v) is 12.1. The minimum Gasteiger partial charge on any atom is -0.356 e. The molecule has 18 heavy (non-hydrogen) atoms. The summed E-state index contributed by atoms with van der Waals surface area (Å²) in [5.74, 6) is 1.48. The van der Waals surface area contributed by atoms with Gasteiger partial charge in [0, 0.05) is 13.1 Å². The molecule has 2 fully saturated rings. The van der Waals surface area contributed by atoms with Gasteiger partial charge in [0.1, 0.15) is 0 Å². The van der Waals surface area contributed by atoms with Crippen molar-refractivity contribution in [3.05, 3.63) is 0 Å². The largest absolute Gasteiger partial charge is 0.356 e. The molecule has 3 nitrogen and oxygen atoms in total. The van der Waals surface area contributed by atoms with Crippen molar-refractivity contribution in [1.29, 1.82) is 0 Å². The lowest BCUT2D eigenvalue weighted by atomic mass is 10.0. The summed E-state index contributed by atoms with van der Waals surface area (Å²) < 4.78 is 0.